The maximum Gasteiger partial charge on any atom is 0.144 e. The SMILES string of the molecule is CNC(C#N)(CN1CC(C)CC(C)C1)c1ccccc1. The van der Waals surface area contributed by atoms with Crippen LogP contribution in [0.25, 0.3) is 0 Å². The summed E-state index contributed by atoms with van der Waals surface area (Å²) in [6, 6.07) is 12.6. The van der Waals surface area contributed by atoms with Crippen LogP contribution in [0.5, 0.6) is 0 Å². The van der Waals surface area contributed by atoms with Crippen molar-refractivity contribution in [2.75, 3.05) is 26.7 Å². The van der Waals surface area contributed by atoms with Gasteiger partial charge in [-0.15, -0.1) is 0 Å². The molecule has 0 aromatic heterocycles. The fourth-order valence-electron chi connectivity index (χ4n) is 3.45. The van der Waals surface area contributed by atoms with Crippen LogP contribution >= 0.6 is 0 Å². The summed E-state index contributed by atoms with van der Waals surface area (Å²) in [6.07, 6.45) is 1.29. The van der Waals surface area contributed by atoms with Gasteiger partial charge in [0.05, 0.1) is 6.07 Å². The Morgan fingerprint density at radius 3 is 2.35 bits per heavy atom. The standard InChI is InChI=1S/C17H25N3/c1-14-9-15(2)11-20(10-14)13-17(12-18,19-3)16-7-5-4-6-8-16/h4-8,14-15,19H,9-11,13H2,1-3H3. The average Bonchev–Trinajstić information content (AvgIpc) is 2.45. The van der Waals surface area contributed by atoms with E-state index < -0.39 is 5.54 Å². The Hall–Kier alpha value is -1.37. The molecule has 1 heterocycles. The fraction of sp³-hybridized carbons (Fsp3) is 0.588. The van der Waals surface area contributed by atoms with Crippen molar-refractivity contribution < 1.29 is 0 Å². The maximum atomic E-state index is 9.75. The Morgan fingerprint density at radius 2 is 1.85 bits per heavy atom. The van der Waals surface area contributed by atoms with Crippen LogP contribution in [0, 0.1) is 23.2 Å². The summed E-state index contributed by atoms with van der Waals surface area (Å²) in [5.74, 6) is 1.42. The van der Waals surface area contributed by atoms with Crippen LogP contribution in [0.3, 0.4) is 0 Å². The highest BCUT2D eigenvalue weighted by molar-refractivity contribution is 5.32. The Bertz CT molecular complexity index is 455. The number of nitrogens with one attached hydrogen (secondary N) is 1. The van der Waals surface area contributed by atoms with Gasteiger partial charge in [-0.2, -0.15) is 5.26 Å². The van der Waals surface area contributed by atoms with E-state index in [9.17, 15) is 5.26 Å². The van der Waals surface area contributed by atoms with Gasteiger partial charge in [0, 0.05) is 19.6 Å². The highest BCUT2D eigenvalue weighted by atomic mass is 15.2. The molecule has 1 aliphatic heterocycles. The number of nitrogens with zero attached hydrogens (tertiary/aromatic N) is 2. The van der Waals surface area contributed by atoms with E-state index >= 15 is 0 Å². The number of likely N-dealkylation sites (tertiary alicyclic amines) is 1. The molecule has 3 heteroatoms. The maximum absolute atomic E-state index is 9.75. The van der Waals surface area contributed by atoms with E-state index in [1.165, 1.54) is 6.42 Å². The second-order valence-corrected chi connectivity index (χ2v) is 6.27. The second-order valence-electron chi connectivity index (χ2n) is 6.27. The Kier molecular flexibility index (Phi) is 4.80. The van der Waals surface area contributed by atoms with Gasteiger partial charge in [-0.25, -0.2) is 0 Å². The average molecular weight is 271 g/mol. The normalized spacial score (nSPS) is 26.7. The molecule has 108 valence electrons. The molecular formula is C17H25N3. The zero-order valence-electron chi connectivity index (χ0n) is 12.8. The lowest BCUT2D eigenvalue weighted by atomic mass is 9.87. The first kappa shape index (κ1) is 15.0. The largest absolute Gasteiger partial charge is 0.300 e. The van der Waals surface area contributed by atoms with Gasteiger partial charge in [-0.3, -0.25) is 10.2 Å². The topological polar surface area (TPSA) is 39.1 Å². The molecule has 3 unspecified atom stereocenters. The third-order valence-corrected chi connectivity index (χ3v) is 4.29. The van der Waals surface area contributed by atoms with Crippen LogP contribution < -0.4 is 5.32 Å². The molecule has 0 radical (unpaired) electrons. The molecule has 1 aromatic carbocycles. The third-order valence-electron chi connectivity index (χ3n) is 4.29. The van der Waals surface area contributed by atoms with Crippen LogP contribution in [0.4, 0.5) is 0 Å². The van der Waals surface area contributed by atoms with Crippen molar-refractivity contribution in [3.05, 3.63) is 35.9 Å². The number of hydrogen-bond donors (Lipinski definition) is 1. The number of benzene rings is 1. The first-order chi connectivity index (χ1) is 9.59. The van der Waals surface area contributed by atoms with Crippen LogP contribution in [-0.4, -0.2) is 31.6 Å². The van der Waals surface area contributed by atoms with Crippen molar-refractivity contribution in [2.24, 2.45) is 11.8 Å². The van der Waals surface area contributed by atoms with Crippen LogP contribution in [-0.2, 0) is 5.54 Å². The summed E-state index contributed by atoms with van der Waals surface area (Å²) in [5.41, 5.74) is 0.439. The third kappa shape index (κ3) is 3.20. The first-order valence-corrected chi connectivity index (χ1v) is 7.47. The molecular weight excluding hydrogens is 246 g/mol. The molecule has 1 N–H and O–H groups in total. The van der Waals surface area contributed by atoms with Gasteiger partial charge in [-0.1, -0.05) is 44.2 Å². The van der Waals surface area contributed by atoms with Gasteiger partial charge in [-0.05, 0) is 30.9 Å². The van der Waals surface area contributed by atoms with Crippen molar-refractivity contribution in [2.45, 2.75) is 25.8 Å². The van der Waals surface area contributed by atoms with E-state index in [4.69, 9.17) is 0 Å². The van der Waals surface area contributed by atoms with Crippen molar-refractivity contribution in [1.29, 1.82) is 5.26 Å². The van der Waals surface area contributed by atoms with Gasteiger partial charge < -0.3 is 0 Å². The lowest BCUT2D eigenvalue weighted by Crippen LogP contribution is -2.52. The minimum atomic E-state index is -0.613. The minimum Gasteiger partial charge on any atom is -0.300 e. The summed E-state index contributed by atoms with van der Waals surface area (Å²) < 4.78 is 0. The highest BCUT2D eigenvalue weighted by Gasteiger charge is 2.34. The molecule has 1 aromatic rings. The van der Waals surface area contributed by atoms with E-state index in [1.807, 2.05) is 37.4 Å². The quantitative estimate of drug-likeness (QED) is 0.915. The molecule has 0 bridgehead atoms. The lowest BCUT2D eigenvalue weighted by molar-refractivity contribution is 0.116. The summed E-state index contributed by atoms with van der Waals surface area (Å²) in [7, 11) is 1.88. The summed E-state index contributed by atoms with van der Waals surface area (Å²) in [6.45, 7) is 7.53. The molecule has 2 rings (SSSR count). The minimum absolute atomic E-state index is 0.613. The molecule has 0 amide bonds. The molecule has 0 saturated carbocycles. The zero-order chi connectivity index (χ0) is 14.6. The number of rotatable bonds is 4. The highest BCUT2D eigenvalue weighted by Crippen LogP contribution is 2.26. The van der Waals surface area contributed by atoms with Crippen LogP contribution in [0.1, 0.15) is 25.8 Å². The van der Waals surface area contributed by atoms with E-state index in [2.05, 4.69) is 30.1 Å². The first-order valence-electron chi connectivity index (χ1n) is 7.47. The second kappa shape index (κ2) is 6.39. The summed E-state index contributed by atoms with van der Waals surface area (Å²) in [5, 5.41) is 13.0. The van der Waals surface area contributed by atoms with Crippen molar-refractivity contribution >= 4 is 0 Å². The zero-order valence-corrected chi connectivity index (χ0v) is 12.8. The molecule has 0 aliphatic carbocycles. The Labute approximate surface area is 122 Å². The lowest BCUT2D eigenvalue weighted by Gasteiger charge is -2.39. The molecule has 3 atom stereocenters. The summed E-state index contributed by atoms with van der Waals surface area (Å²) >= 11 is 0. The molecule has 1 saturated heterocycles. The van der Waals surface area contributed by atoms with E-state index in [-0.39, 0.29) is 0 Å². The van der Waals surface area contributed by atoms with Crippen molar-refractivity contribution in [3.8, 4) is 6.07 Å². The molecule has 3 nitrogen and oxygen atoms in total. The van der Waals surface area contributed by atoms with Gasteiger partial charge in [0.1, 0.15) is 5.54 Å². The predicted molar refractivity (Wildman–Crippen MR) is 82.2 cm³/mol. The number of likely N-dealkylation sites (N-methyl/N-ethyl adjacent to an activating group) is 1. The molecule has 20 heavy (non-hydrogen) atoms. The smallest absolute Gasteiger partial charge is 0.144 e. The Balaban J connectivity index is 2.20. The predicted octanol–water partition coefficient (Wildman–Crippen LogP) is 2.60. The van der Waals surface area contributed by atoms with E-state index in [0.29, 0.717) is 11.8 Å². The van der Waals surface area contributed by atoms with Gasteiger partial charge in [0.2, 0.25) is 0 Å². The van der Waals surface area contributed by atoms with E-state index in [0.717, 1.165) is 25.2 Å². The van der Waals surface area contributed by atoms with Gasteiger partial charge >= 0.3 is 0 Å². The van der Waals surface area contributed by atoms with Crippen LogP contribution in [0.2, 0.25) is 0 Å². The van der Waals surface area contributed by atoms with E-state index in [1.54, 1.807) is 0 Å². The molecule has 0 spiro atoms. The van der Waals surface area contributed by atoms with Crippen molar-refractivity contribution in [3.63, 3.8) is 0 Å². The number of hydrogen-bond acceptors (Lipinski definition) is 3. The fourth-order valence-corrected chi connectivity index (χ4v) is 3.45. The number of piperidine rings is 1. The van der Waals surface area contributed by atoms with Gasteiger partial charge in [0.25, 0.3) is 0 Å². The van der Waals surface area contributed by atoms with Crippen LogP contribution in [0.15, 0.2) is 30.3 Å². The van der Waals surface area contributed by atoms with Crippen molar-refractivity contribution in [1.82, 2.24) is 10.2 Å². The monoisotopic (exact) mass is 271 g/mol. The molecule has 1 aliphatic rings. The molecule has 1 fully saturated rings. The summed E-state index contributed by atoms with van der Waals surface area (Å²) in [4.78, 5) is 2.44. The number of nitriles is 1. The van der Waals surface area contributed by atoms with Gasteiger partial charge in [0.15, 0.2) is 0 Å². The Morgan fingerprint density at radius 1 is 1.25 bits per heavy atom.